The van der Waals surface area contributed by atoms with Crippen molar-refractivity contribution in [2.24, 2.45) is 10.9 Å². The zero-order valence-corrected chi connectivity index (χ0v) is 15.8. The van der Waals surface area contributed by atoms with Gasteiger partial charge >= 0.3 is 0 Å². The summed E-state index contributed by atoms with van der Waals surface area (Å²) >= 11 is 0. The molecule has 0 saturated carbocycles. The lowest BCUT2D eigenvalue weighted by Crippen LogP contribution is -2.39. The number of rotatable bonds is 9. The average Bonchev–Trinajstić information content (AvgIpc) is 2.98. The van der Waals surface area contributed by atoms with Crippen molar-refractivity contribution in [1.82, 2.24) is 20.8 Å². The molecule has 0 fully saturated rings. The monoisotopic (exact) mass is 407 g/mol. The summed E-state index contributed by atoms with van der Waals surface area (Å²) in [5, 5.41) is 13.6. The minimum absolute atomic E-state index is 0. The zero-order chi connectivity index (χ0) is 14.6. The van der Waals surface area contributed by atoms with Crippen LogP contribution in [-0.4, -0.2) is 29.2 Å². The summed E-state index contributed by atoms with van der Waals surface area (Å²) in [6.07, 6.45) is 6.84. The quantitative estimate of drug-likeness (QED) is 0.334. The molecule has 1 aromatic heterocycles. The lowest BCUT2D eigenvalue weighted by Gasteiger charge is -2.17. The van der Waals surface area contributed by atoms with E-state index < -0.39 is 0 Å². The fourth-order valence-electron chi connectivity index (χ4n) is 2.06. The minimum atomic E-state index is 0. The van der Waals surface area contributed by atoms with E-state index in [1.165, 1.54) is 25.7 Å². The highest BCUT2D eigenvalue weighted by atomic mass is 127. The second-order valence-electron chi connectivity index (χ2n) is 5.07. The normalized spacial score (nSPS) is 12.6. The Hall–Kier alpha value is -0.790. The van der Waals surface area contributed by atoms with Gasteiger partial charge < -0.3 is 10.6 Å². The highest BCUT2D eigenvalue weighted by Gasteiger charge is 2.07. The van der Waals surface area contributed by atoms with Crippen molar-refractivity contribution in [3.63, 3.8) is 0 Å². The highest BCUT2D eigenvalue weighted by molar-refractivity contribution is 14.0. The van der Waals surface area contributed by atoms with Gasteiger partial charge in [-0.3, -0.25) is 5.10 Å². The molecule has 0 saturated heterocycles. The first-order valence-corrected chi connectivity index (χ1v) is 7.80. The lowest BCUT2D eigenvalue weighted by atomic mass is 9.99. The SMILES string of the molecule is CCCCC(CC)CNC(=NCc1ccn[nH]1)NCC.I. The van der Waals surface area contributed by atoms with Crippen LogP contribution < -0.4 is 10.6 Å². The Bertz CT molecular complexity index is 364. The third-order valence-corrected chi connectivity index (χ3v) is 3.41. The van der Waals surface area contributed by atoms with E-state index in [0.717, 1.165) is 30.7 Å². The molecular formula is C15H30IN5. The van der Waals surface area contributed by atoms with E-state index in [1.54, 1.807) is 6.20 Å². The largest absolute Gasteiger partial charge is 0.357 e. The van der Waals surface area contributed by atoms with Crippen molar-refractivity contribution < 1.29 is 0 Å². The number of aromatic amines is 1. The highest BCUT2D eigenvalue weighted by Crippen LogP contribution is 2.11. The molecular weight excluding hydrogens is 377 g/mol. The van der Waals surface area contributed by atoms with Crippen LogP contribution in [0.3, 0.4) is 0 Å². The summed E-state index contributed by atoms with van der Waals surface area (Å²) in [7, 11) is 0. The number of H-pyrrole nitrogens is 1. The molecule has 5 nitrogen and oxygen atoms in total. The zero-order valence-electron chi connectivity index (χ0n) is 13.5. The van der Waals surface area contributed by atoms with Crippen LogP contribution >= 0.6 is 24.0 Å². The van der Waals surface area contributed by atoms with Gasteiger partial charge in [0.05, 0.1) is 12.2 Å². The predicted octanol–water partition coefficient (Wildman–Crippen LogP) is 3.30. The van der Waals surface area contributed by atoms with E-state index in [2.05, 4.69) is 46.6 Å². The number of unbranched alkanes of at least 4 members (excludes halogenated alkanes) is 1. The molecule has 6 heteroatoms. The summed E-state index contributed by atoms with van der Waals surface area (Å²) in [5.74, 6) is 1.61. The molecule has 0 bridgehead atoms. The van der Waals surface area contributed by atoms with Crippen LogP contribution in [0.25, 0.3) is 0 Å². The molecule has 21 heavy (non-hydrogen) atoms. The van der Waals surface area contributed by atoms with Crippen LogP contribution in [0.5, 0.6) is 0 Å². The molecule has 0 spiro atoms. The predicted molar refractivity (Wildman–Crippen MR) is 100 cm³/mol. The maximum atomic E-state index is 4.57. The maximum Gasteiger partial charge on any atom is 0.191 e. The van der Waals surface area contributed by atoms with Crippen molar-refractivity contribution in [2.45, 2.75) is 53.0 Å². The van der Waals surface area contributed by atoms with E-state index >= 15 is 0 Å². The molecule has 0 amide bonds. The van der Waals surface area contributed by atoms with Crippen molar-refractivity contribution in [1.29, 1.82) is 0 Å². The van der Waals surface area contributed by atoms with Crippen molar-refractivity contribution in [3.05, 3.63) is 18.0 Å². The van der Waals surface area contributed by atoms with E-state index in [0.29, 0.717) is 6.54 Å². The Labute approximate surface area is 145 Å². The van der Waals surface area contributed by atoms with Gasteiger partial charge in [-0.2, -0.15) is 5.10 Å². The van der Waals surface area contributed by atoms with E-state index in [4.69, 9.17) is 0 Å². The van der Waals surface area contributed by atoms with Gasteiger partial charge in [0.15, 0.2) is 5.96 Å². The minimum Gasteiger partial charge on any atom is -0.357 e. The molecule has 1 atom stereocenters. The van der Waals surface area contributed by atoms with Gasteiger partial charge in [-0.25, -0.2) is 4.99 Å². The summed E-state index contributed by atoms with van der Waals surface area (Å²) < 4.78 is 0. The molecule has 1 unspecified atom stereocenters. The van der Waals surface area contributed by atoms with E-state index in [1.807, 2.05) is 6.07 Å². The maximum absolute atomic E-state index is 4.57. The number of aromatic nitrogens is 2. The first-order chi connectivity index (χ1) is 9.80. The van der Waals surface area contributed by atoms with Crippen LogP contribution in [0.2, 0.25) is 0 Å². The second kappa shape index (κ2) is 12.9. The molecule has 1 rings (SSSR count). The third-order valence-electron chi connectivity index (χ3n) is 3.41. The molecule has 0 aliphatic rings. The van der Waals surface area contributed by atoms with Crippen molar-refractivity contribution >= 4 is 29.9 Å². The summed E-state index contributed by atoms with van der Waals surface area (Å²) in [6.45, 7) is 9.08. The number of hydrogen-bond acceptors (Lipinski definition) is 2. The Morgan fingerprint density at radius 2 is 2.14 bits per heavy atom. The summed E-state index contributed by atoms with van der Waals surface area (Å²) in [6, 6.07) is 1.95. The average molecular weight is 407 g/mol. The number of halogens is 1. The molecule has 3 N–H and O–H groups in total. The first-order valence-electron chi connectivity index (χ1n) is 7.80. The Morgan fingerprint density at radius 3 is 2.71 bits per heavy atom. The Morgan fingerprint density at radius 1 is 1.33 bits per heavy atom. The number of nitrogens with one attached hydrogen (secondary N) is 3. The number of guanidine groups is 1. The molecule has 0 radical (unpaired) electrons. The molecule has 0 aromatic carbocycles. The third kappa shape index (κ3) is 8.95. The molecule has 1 aromatic rings. The lowest BCUT2D eigenvalue weighted by molar-refractivity contribution is 0.443. The van der Waals surface area contributed by atoms with Gasteiger partial charge in [0.1, 0.15) is 0 Å². The van der Waals surface area contributed by atoms with Gasteiger partial charge in [0.25, 0.3) is 0 Å². The van der Waals surface area contributed by atoms with Gasteiger partial charge in [-0.05, 0) is 25.3 Å². The van der Waals surface area contributed by atoms with Gasteiger partial charge in [-0.15, -0.1) is 24.0 Å². The summed E-state index contributed by atoms with van der Waals surface area (Å²) in [4.78, 5) is 4.57. The molecule has 0 aliphatic carbocycles. The first kappa shape index (κ1) is 20.2. The van der Waals surface area contributed by atoms with Crippen molar-refractivity contribution in [3.8, 4) is 0 Å². The van der Waals surface area contributed by atoms with Crippen LogP contribution in [0.15, 0.2) is 17.3 Å². The fourth-order valence-corrected chi connectivity index (χ4v) is 2.06. The van der Waals surface area contributed by atoms with Gasteiger partial charge in [-0.1, -0.05) is 33.1 Å². The van der Waals surface area contributed by atoms with Crippen LogP contribution in [0, 0.1) is 5.92 Å². The standard InChI is InChI=1S/C15H29N5.HI/c1-4-7-8-13(5-2)11-17-15(16-6-3)18-12-14-9-10-19-20-14;/h9-10,13H,4-8,11-12H2,1-3H3,(H,19,20)(H2,16,17,18);1H. The molecule has 0 aliphatic heterocycles. The second-order valence-corrected chi connectivity index (χ2v) is 5.07. The summed E-state index contributed by atoms with van der Waals surface area (Å²) in [5.41, 5.74) is 1.03. The van der Waals surface area contributed by atoms with Gasteiger partial charge in [0.2, 0.25) is 0 Å². The van der Waals surface area contributed by atoms with E-state index in [9.17, 15) is 0 Å². The molecule has 1 heterocycles. The number of hydrogen-bond donors (Lipinski definition) is 3. The Kier molecular flexibility index (Phi) is 12.4. The van der Waals surface area contributed by atoms with E-state index in [-0.39, 0.29) is 24.0 Å². The number of aliphatic imine (C=N–C) groups is 1. The molecule has 122 valence electrons. The van der Waals surface area contributed by atoms with Crippen LogP contribution in [0.4, 0.5) is 0 Å². The number of nitrogens with zero attached hydrogens (tertiary/aromatic N) is 2. The van der Waals surface area contributed by atoms with Crippen molar-refractivity contribution in [2.75, 3.05) is 13.1 Å². The smallest absolute Gasteiger partial charge is 0.191 e. The van der Waals surface area contributed by atoms with Crippen LogP contribution in [0.1, 0.15) is 52.1 Å². The van der Waals surface area contributed by atoms with Gasteiger partial charge in [0, 0.05) is 19.3 Å². The Balaban J connectivity index is 0.00000400. The fraction of sp³-hybridized carbons (Fsp3) is 0.733. The topological polar surface area (TPSA) is 65.1 Å². The van der Waals surface area contributed by atoms with Crippen LogP contribution in [-0.2, 0) is 6.54 Å².